The van der Waals surface area contributed by atoms with Crippen molar-refractivity contribution in [1.82, 2.24) is 0 Å². The van der Waals surface area contributed by atoms with Crippen molar-refractivity contribution in [2.75, 3.05) is 0 Å². The minimum absolute atomic E-state index is 0.102. The highest BCUT2D eigenvalue weighted by molar-refractivity contribution is 9.10. The molecule has 0 amide bonds. The number of benzene rings is 2. The molecule has 0 saturated heterocycles. The van der Waals surface area contributed by atoms with E-state index in [0.29, 0.717) is 10.0 Å². The van der Waals surface area contributed by atoms with E-state index in [2.05, 4.69) is 15.9 Å². The number of halogens is 4. The van der Waals surface area contributed by atoms with Gasteiger partial charge in [-0.25, -0.2) is 13.2 Å². The standard InChI is InChI=1S/C14H11BrF3N/c15-10-5-4-8(6-12(10)17)13(19)7-9-2-1-3-11(16)14(9)18/h1-6,13H,7,19H2. The van der Waals surface area contributed by atoms with Gasteiger partial charge in [-0.2, -0.15) is 0 Å². The van der Waals surface area contributed by atoms with Crippen molar-refractivity contribution < 1.29 is 13.2 Å². The molecular formula is C14H11BrF3N. The summed E-state index contributed by atoms with van der Waals surface area (Å²) in [7, 11) is 0. The smallest absolute Gasteiger partial charge is 0.162 e. The summed E-state index contributed by atoms with van der Waals surface area (Å²) >= 11 is 3.04. The van der Waals surface area contributed by atoms with E-state index in [1.807, 2.05) is 0 Å². The van der Waals surface area contributed by atoms with E-state index < -0.39 is 23.5 Å². The van der Waals surface area contributed by atoms with E-state index in [0.717, 1.165) is 6.07 Å². The lowest BCUT2D eigenvalue weighted by atomic mass is 9.99. The van der Waals surface area contributed by atoms with Gasteiger partial charge in [-0.15, -0.1) is 0 Å². The van der Waals surface area contributed by atoms with E-state index in [4.69, 9.17) is 5.73 Å². The number of hydrogen-bond donors (Lipinski definition) is 1. The maximum Gasteiger partial charge on any atom is 0.162 e. The van der Waals surface area contributed by atoms with Crippen LogP contribution < -0.4 is 5.73 Å². The zero-order chi connectivity index (χ0) is 14.0. The average Bonchev–Trinajstić information content (AvgIpc) is 2.38. The molecule has 2 aromatic carbocycles. The summed E-state index contributed by atoms with van der Waals surface area (Å²) in [6, 6.07) is 7.80. The molecule has 2 aromatic rings. The Bertz CT molecular complexity index is 601. The molecule has 2 N–H and O–H groups in total. The van der Waals surface area contributed by atoms with Gasteiger partial charge in [0.1, 0.15) is 5.82 Å². The summed E-state index contributed by atoms with van der Waals surface area (Å²) in [4.78, 5) is 0. The van der Waals surface area contributed by atoms with Crippen molar-refractivity contribution in [2.45, 2.75) is 12.5 Å². The molecule has 0 bridgehead atoms. The van der Waals surface area contributed by atoms with Crippen LogP contribution in [0.25, 0.3) is 0 Å². The molecule has 1 atom stereocenters. The summed E-state index contributed by atoms with van der Waals surface area (Å²) in [6.45, 7) is 0. The van der Waals surface area contributed by atoms with Gasteiger partial charge in [0, 0.05) is 6.04 Å². The van der Waals surface area contributed by atoms with E-state index in [1.54, 1.807) is 6.07 Å². The minimum Gasteiger partial charge on any atom is -0.324 e. The van der Waals surface area contributed by atoms with Crippen LogP contribution in [0.4, 0.5) is 13.2 Å². The Morgan fingerprint density at radius 2 is 1.79 bits per heavy atom. The van der Waals surface area contributed by atoms with E-state index in [-0.39, 0.29) is 12.0 Å². The zero-order valence-electron chi connectivity index (χ0n) is 9.84. The quantitative estimate of drug-likeness (QED) is 0.901. The maximum absolute atomic E-state index is 13.5. The second kappa shape index (κ2) is 5.75. The Morgan fingerprint density at radius 1 is 1.05 bits per heavy atom. The highest BCUT2D eigenvalue weighted by atomic mass is 79.9. The third kappa shape index (κ3) is 3.16. The molecule has 0 fully saturated rings. The van der Waals surface area contributed by atoms with Gasteiger partial charge in [-0.05, 0) is 51.7 Å². The largest absolute Gasteiger partial charge is 0.324 e. The Labute approximate surface area is 117 Å². The van der Waals surface area contributed by atoms with Crippen LogP contribution in [0.15, 0.2) is 40.9 Å². The number of rotatable bonds is 3. The Balaban J connectivity index is 2.23. The third-order valence-electron chi connectivity index (χ3n) is 2.84. The lowest BCUT2D eigenvalue weighted by Gasteiger charge is -2.13. The van der Waals surface area contributed by atoms with Crippen LogP contribution in [0.2, 0.25) is 0 Å². The molecule has 0 saturated carbocycles. The van der Waals surface area contributed by atoms with Crippen LogP contribution in [0.1, 0.15) is 17.2 Å². The summed E-state index contributed by atoms with van der Waals surface area (Å²) < 4.78 is 40.3. The Morgan fingerprint density at radius 3 is 2.47 bits per heavy atom. The van der Waals surface area contributed by atoms with Crippen molar-refractivity contribution in [3.05, 3.63) is 69.4 Å². The molecule has 5 heteroatoms. The summed E-state index contributed by atoms with van der Waals surface area (Å²) in [6.07, 6.45) is 0.102. The van der Waals surface area contributed by atoms with Gasteiger partial charge in [0.2, 0.25) is 0 Å². The first-order valence-electron chi connectivity index (χ1n) is 5.62. The predicted molar refractivity (Wildman–Crippen MR) is 71.1 cm³/mol. The first-order chi connectivity index (χ1) is 8.99. The first-order valence-corrected chi connectivity index (χ1v) is 6.41. The molecule has 0 heterocycles. The van der Waals surface area contributed by atoms with Gasteiger partial charge in [-0.1, -0.05) is 18.2 Å². The molecule has 0 aliphatic heterocycles. The molecule has 0 aliphatic carbocycles. The summed E-state index contributed by atoms with van der Waals surface area (Å²) in [5.41, 5.74) is 6.60. The highest BCUT2D eigenvalue weighted by Gasteiger charge is 2.14. The van der Waals surface area contributed by atoms with Gasteiger partial charge >= 0.3 is 0 Å². The van der Waals surface area contributed by atoms with Crippen LogP contribution in [0.5, 0.6) is 0 Å². The van der Waals surface area contributed by atoms with Crippen LogP contribution >= 0.6 is 15.9 Å². The fourth-order valence-electron chi connectivity index (χ4n) is 1.80. The lowest BCUT2D eigenvalue weighted by Crippen LogP contribution is -2.14. The van der Waals surface area contributed by atoms with Crippen molar-refractivity contribution in [3.8, 4) is 0 Å². The summed E-state index contributed by atoms with van der Waals surface area (Å²) in [5, 5.41) is 0. The molecular weight excluding hydrogens is 319 g/mol. The lowest BCUT2D eigenvalue weighted by molar-refractivity contribution is 0.494. The fraction of sp³-hybridized carbons (Fsp3) is 0.143. The molecule has 0 aromatic heterocycles. The normalized spacial score (nSPS) is 12.5. The van der Waals surface area contributed by atoms with Crippen molar-refractivity contribution in [1.29, 1.82) is 0 Å². The van der Waals surface area contributed by atoms with Crippen molar-refractivity contribution in [3.63, 3.8) is 0 Å². The maximum atomic E-state index is 13.5. The van der Waals surface area contributed by atoms with E-state index >= 15 is 0 Å². The molecule has 0 spiro atoms. The van der Waals surface area contributed by atoms with E-state index in [9.17, 15) is 13.2 Å². The van der Waals surface area contributed by atoms with E-state index in [1.165, 1.54) is 24.3 Å². The minimum atomic E-state index is -0.910. The van der Waals surface area contributed by atoms with Gasteiger partial charge < -0.3 is 5.73 Å². The van der Waals surface area contributed by atoms with Crippen molar-refractivity contribution in [2.24, 2.45) is 5.73 Å². The van der Waals surface area contributed by atoms with Crippen LogP contribution in [0.3, 0.4) is 0 Å². The molecule has 0 aliphatic rings. The first kappa shape index (κ1) is 14.1. The van der Waals surface area contributed by atoms with Gasteiger partial charge in [0.05, 0.1) is 4.47 Å². The SMILES string of the molecule is NC(Cc1cccc(F)c1F)c1ccc(Br)c(F)c1. The number of nitrogens with two attached hydrogens (primary N) is 1. The average molecular weight is 330 g/mol. The molecule has 1 nitrogen and oxygen atoms in total. The monoisotopic (exact) mass is 329 g/mol. The van der Waals surface area contributed by atoms with Gasteiger partial charge in [-0.3, -0.25) is 0 Å². The predicted octanol–water partition coefficient (Wildman–Crippen LogP) is 4.11. The Hall–Kier alpha value is -1.33. The van der Waals surface area contributed by atoms with Crippen LogP contribution in [0, 0.1) is 17.5 Å². The third-order valence-corrected chi connectivity index (χ3v) is 3.49. The van der Waals surface area contributed by atoms with Crippen molar-refractivity contribution >= 4 is 15.9 Å². The molecule has 1 unspecified atom stereocenters. The fourth-order valence-corrected chi connectivity index (χ4v) is 2.05. The van der Waals surface area contributed by atoms with Crippen LogP contribution in [-0.4, -0.2) is 0 Å². The molecule has 0 radical (unpaired) electrons. The second-order valence-corrected chi connectivity index (χ2v) is 5.05. The highest BCUT2D eigenvalue weighted by Crippen LogP contribution is 2.23. The van der Waals surface area contributed by atoms with Gasteiger partial charge in [0.25, 0.3) is 0 Å². The second-order valence-electron chi connectivity index (χ2n) is 4.20. The van der Waals surface area contributed by atoms with Crippen LogP contribution in [-0.2, 0) is 6.42 Å². The Kier molecular flexibility index (Phi) is 4.27. The number of hydrogen-bond acceptors (Lipinski definition) is 1. The van der Waals surface area contributed by atoms with Gasteiger partial charge in [0.15, 0.2) is 11.6 Å². The molecule has 19 heavy (non-hydrogen) atoms. The molecule has 2 rings (SSSR count). The topological polar surface area (TPSA) is 26.0 Å². The summed E-state index contributed by atoms with van der Waals surface area (Å²) in [5.74, 6) is -2.25. The zero-order valence-corrected chi connectivity index (χ0v) is 11.4. The molecule has 100 valence electrons.